The normalized spacial score (nSPS) is 13.2. The highest BCUT2D eigenvalue weighted by Gasteiger charge is 2.32. The predicted octanol–water partition coefficient (Wildman–Crippen LogP) is 5.50. The molecule has 0 bridgehead atoms. The molecule has 0 spiro atoms. The van der Waals surface area contributed by atoms with Crippen molar-refractivity contribution in [2.24, 2.45) is 5.92 Å². The van der Waals surface area contributed by atoms with Gasteiger partial charge in [-0.25, -0.2) is 14.3 Å². The Bertz CT molecular complexity index is 1080. The second kappa shape index (κ2) is 8.36. The lowest BCUT2D eigenvalue weighted by Gasteiger charge is -2.27. The number of rotatable bonds is 6. The Kier molecular flexibility index (Phi) is 6.20. The first-order valence-corrected chi connectivity index (χ1v) is 10.4. The molecule has 3 rings (SSSR count). The lowest BCUT2D eigenvalue weighted by atomic mass is 9.98. The van der Waals surface area contributed by atoms with Crippen LogP contribution in [0.25, 0.3) is 16.9 Å². The van der Waals surface area contributed by atoms with Crippen molar-refractivity contribution < 1.29 is 14.6 Å². The van der Waals surface area contributed by atoms with Gasteiger partial charge in [0.2, 0.25) is 0 Å². The summed E-state index contributed by atoms with van der Waals surface area (Å²) in [4.78, 5) is 16.8. The summed E-state index contributed by atoms with van der Waals surface area (Å²) in [5, 5.41) is 15.4. The molecule has 1 unspecified atom stereocenters. The van der Waals surface area contributed by atoms with Gasteiger partial charge in [-0.15, -0.1) is 0 Å². The van der Waals surface area contributed by atoms with E-state index in [0.29, 0.717) is 28.3 Å². The minimum Gasteiger partial charge on any atom is -0.479 e. The van der Waals surface area contributed by atoms with Crippen LogP contribution in [0.4, 0.5) is 0 Å². The molecular weight excluding hydrogens is 402 g/mol. The van der Waals surface area contributed by atoms with Crippen LogP contribution in [-0.4, -0.2) is 31.3 Å². The summed E-state index contributed by atoms with van der Waals surface area (Å²) in [5.41, 5.74) is 3.65. The first-order valence-electron chi connectivity index (χ1n) is 10.0. The molecule has 0 saturated carbocycles. The summed E-state index contributed by atoms with van der Waals surface area (Å²) in [6.07, 6.45) is -0.488. The van der Waals surface area contributed by atoms with Gasteiger partial charge in [0.25, 0.3) is 0 Å². The summed E-state index contributed by atoms with van der Waals surface area (Å²) in [6.45, 7) is 11.5. The SMILES string of the molecule is Cc1nc2cc(-c3cccc(Cl)c3)nn2c(CC(C)C)c1C(OC(C)(C)C)C(=O)O. The third-order valence-corrected chi connectivity index (χ3v) is 4.84. The standard InChI is InChI=1S/C23H28ClN3O3/c1-13(2)10-18-20(21(22(28)29)30-23(4,5)6)14(3)25-19-12-17(26-27(18)19)15-8-7-9-16(24)11-15/h7-9,11-13,21H,10H2,1-6H3,(H,28,29). The van der Waals surface area contributed by atoms with Gasteiger partial charge in [0.1, 0.15) is 0 Å². The average molecular weight is 430 g/mol. The molecule has 0 aliphatic heterocycles. The number of fused-ring (bicyclic) bond motifs is 1. The Hall–Kier alpha value is -2.44. The summed E-state index contributed by atoms with van der Waals surface area (Å²) < 4.78 is 7.70. The van der Waals surface area contributed by atoms with E-state index in [4.69, 9.17) is 21.4 Å². The maximum atomic E-state index is 12.2. The predicted molar refractivity (Wildman–Crippen MR) is 118 cm³/mol. The minimum atomic E-state index is -1.13. The Morgan fingerprint density at radius 3 is 2.53 bits per heavy atom. The smallest absolute Gasteiger partial charge is 0.337 e. The lowest BCUT2D eigenvalue weighted by Crippen LogP contribution is -2.29. The molecule has 0 aliphatic rings. The molecule has 160 valence electrons. The van der Waals surface area contributed by atoms with Crippen LogP contribution in [0.2, 0.25) is 5.02 Å². The van der Waals surface area contributed by atoms with Crippen molar-refractivity contribution in [2.45, 2.75) is 59.7 Å². The van der Waals surface area contributed by atoms with E-state index in [0.717, 1.165) is 17.0 Å². The fraction of sp³-hybridized carbons (Fsp3) is 0.435. The van der Waals surface area contributed by atoms with Gasteiger partial charge < -0.3 is 9.84 Å². The molecule has 0 radical (unpaired) electrons. The van der Waals surface area contributed by atoms with Crippen molar-refractivity contribution >= 4 is 23.2 Å². The molecule has 2 heterocycles. The van der Waals surface area contributed by atoms with E-state index in [2.05, 4.69) is 18.8 Å². The molecule has 0 fully saturated rings. The molecule has 30 heavy (non-hydrogen) atoms. The Labute approximate surface area is 181 Å². The zero-order valence-corrected chi connectivity index (χ0v) is 19.0. The third-order valence-electron chi connectivity index (χ3n) is 4.61. The zero-order valence-electron chi connectivity index (χ0n) is 18.2. The molecule has 7 heteroatoms. The second-order valence-corrected chi connectivity index (χ2v) is 9.35. The van der Waals surface area contributed by atoms with Crippen molar-refractivity contribution in [3.05, 3.63) is 52.3 Å². The lowest BCUT2D eigenvalue weighted by molar-refractivity contribution is -0.160. The molecule has 0 aliphatic carbocycles. The van der Waals surface area contributed by atoms with Crippen LogP contribution in [0.1, 0.15) is 57.7 Å². The maximum absolute atomic E-state index is 12.2. The number of nitrogens with zero attached hydrogens (tertiary/aromatic N) is 3. The van der Waals surface area contributed by atoms with Crippen molar-refractivity contribution in [1.82, 2.24) is 14.6 Å². The van der Waals surface area contributed by atoms with Gasteiger partial charge in [-0.1, -0.05) is 37.6 Å². The fourth-order valence-electron chi connectivity index (χ4n) is 3.50. The number of aromatic nitrogens is 3. The number of hydrogen-bond donors (Lipinski definition) is 1. The molecular formula is C23H28ClN3O3. The summed E-state index contributed by atoms with van der Waals surface area (Å²) >= 11 is 6.15. The molecule has 0 amide bonds. The number of carboxylic acids is 1. The van der Waals surface area contributed by atoms with Gasteiger partial charge in [0.15, 0.2) is 11.8 Å². The van der Waals surface area contributed by atoms with Crippen LogP contribution in [0.15, 0.2) is 30.3 Å². The fourth-order valence-corrected chi connectivity index (χ4v) is 3.69. The molecule has 6 nitrogen and oxygen atoms in total. The van der Waals surface area contributed by atoms with Crippen molar-refractivity contribution in [1.29, 1.82) is 0 Å². The van der Waals surface area contributed by atoms with E-state index in [1.54, 1.807) is 4.52 Å². The molecule has 2 aromatic heterocycles. The third kappa shape index (κ3) is 4.82. The highest BCUT2D eigenvalue weighted by molar-refractivity contribution is 6.30. The quantitative estimate of drug-likeness (QED) is 0.560. The van der Waals surface area contributed by atoms with Crippen LogP contribution in [-0.2, 0) is 16.0 Å². The Morgan fingerprint density at radius 1 is 1.27 bits per heavy atom. The number of hydrogen-bond acceptors (Lipinski definition) is 4. The van der Waals surface area contributed by atoms with E-state index in [1.165, 1.54) is 0 Å². The van der Waals surface area contributed by atoms with Gasteiger partial charge in [0, 0.05) is 27.9 Å². The maximum Gasteiger partial charge on any atom is 0.337 e. The van der Waals surface area contributed by atoms with E-state index in [1.807, 2.05) is 58.0 Å². The average Bonchev–Trinajstić information content (AvgIpc) is 3.03. The highest BCUT2D eigenvalue weighted by Crippen LogP contribution is 2.32. The topological polar surface area (TPSA) is 76.7 Å². The van der Waals surface area contributed by atoms with E-state index in [-0.39, 0.29) is 5.92 Å². The van der Waals surface area contributed by atoms with Gasteiger partial charge in [-0.05, 0) is 52.2 Å². The number of ether oxygens (including phenoxy) is 1. The highest BCUT2D eigenvalue weighted by atomic mass is 35.5. The number of aliphatic carboxylic acids is 1. The molecule has 1 atom stereocenters. The molecule has 3 aromatic rings. The molecule has 0 saturated heterocycles. The van der Waals surface area contributed by atoms with Crippen LogP contribution < -0.4 is 0 Å². The monoisotopic (exact) mass is 429 g/mol. The van der Waals surface area contributed by atoms with Crippen LogP contribution >= 0.6 is 11.6 Å². The number of carboxylic acid groups (broad SMARTS) is 1. The van der Waals surface area contributed by atoms with E-state index < -0.39 is 17.7 Å². The summed E-state index contributed by atoms with van der Waals surface area (Å²) in [6, 6.07) is 9.37. The van der Waals surface area contributed by atoms with Gasteiger partial charge in [0.05, 0.1) is 17.0 Å². The summed E-state index contributed by atoms with van der Waals surface area (Å²) in [5.74, 6) is -0.752. The first-order chi connectivity index (χ1) is 14.0. The Balaban J connectivity index is 2.26. The van der Waals surface area contributed by atoms with Crippen LogP contribution in [0.3, 0.4) is 0 Å². The second-order valence-electron chi connectivity index (χ2n) is 8.91. The van der Waals surface area contributed by atoms with Gasteiger partial charge in [-0.3, -0.25) is 0 Å². The van der Waals surface area contributed by atoms with Crippen molar-refractivity contribution in [2.75, 3.05) is 0 Å². The Morgan fingerprint density at radius 2 is 1.97 bits per heavy atom. The van der Waals surface area contributed by atoms with Gasteiger partial charge in [-0.2, -0.15) is 5.10 Å². The van der Waals surface area contributed by atoms with Crippen molar-refractivity contribution in [3.8, 4) is 11.3 Å². The number of benzene rings is 1. The molecule has 1 aromatic carbocycles. The van der Waals surface area contributed by atoms with Gasteiger partial charge >= 0.3 is 5.97 Å². The first kappa shape index (κ1) is 22.2. The van der Waals surface area contributed by atoms with Crippen LogP contribution in [0.5, 0.6) is 0 Å². The summed E-state index contributed by atoms with van der Waals surface area (Å²) in [7, 11) is 0. The van der Waals surface area contributed by atoms with Crippen molar-refractivity contribution in [3.63, 3.8) is 0 Å². The molecule has 1 N–H and O–H groups in total. The van der Waals surface area contributed by atoms with Crippen LogP contribution in [0, 0.1) is 12.8 Å². The largest absolute Gasteiger partial charge is 0.479 e. The minimum absolute atomic E-state index is 0.289. The van der Waals surface area contributed by atoms with E-state index >= 15 is 0 Å². The van der Waals surface area contributed by atoms with E-state index in [9.17, 15) is 9.90 Å². The number of aryl methyl sites for hydroxylation is 1. The number of carbonyl (C=O) groups is 1. The zero-order chi connectivity index (χ0) is 22.2. The number of halogens is 1.